The molecule has 0 aliphatic carbocycles. The first-order valence-corrected chi connectivity index (χ1v) is 7.41. The van der Waals surface area contributed by atoms with Gasteiger partial charge in [-0.25, -0.2) is 0 Å². The van der Waals surface area contributed by atoms with Crippen molar-refractivity contribution in [3.8, 4) is 0 Å². The molecule has 2 heterocycles. The van der Waals surface area contributed by atoms with Crippen molar-refractivity contribution >= 4 is 0 Å². The number of likely N-dealkylation sites (tertiary alicyclic amines) is 1. The first-order chi connectivity index (χ1) is 9.29. The summed E-state index contributed by atoms with van der Waals surface area (Å²) in [6, 6.07) is 6.03. The highest BCUT2D eigenvalue weighted by Gasteiger charge is 2.17. The third-order valence-electron chi connectivity index (χ3n) is 3.83. The zero-order valence-electron chi connectivity index (χ0n) is 11.8. The van der Waals surface area contributed by atoms with Crippen LogP contribution in [0.5, 0.6) is 0 Å². The minimum Gasteiger partial charge on any atom is -0.314 e. The number of pyridine rings is 1. The molecule has 0 aromatic carbocycles. The fourth-order valence-corrected chi connectivity index (χ4v) is 2.60. The Morgan fingerprint density at radius 2 is 2.05 bits per heavy atom. The van der Waals surface area contributed by atoms with Crippen molar-refractivity contribution in [3.05, 3.63) is 34.7 Å². The third-order valence-corrected chi connectivity index (χ3v) is 3.83. The molecule has 0 radical (unpaired) electrons. The molecule has 1 saturated heterocycles. The maximum Gasteiger partial charge on any atom is 0.250 e. The number of aromatic nitrogens is 1. The van der Waals surface area contributed by atoms with Crippen molar-refractivity contribution in [2.75, 3.05) is 26.2 Å². The van der Waals surface area contributed by atoms with E-state index in [0.29, 0.717) is 6.04 Å². The minimum absolute atomic E-state index is 0.0991. The first kappa shape index (κ1) is 14.3. The van der Waals surface area contributed by atoms with Gasteiger partial charge in [-0.05, 0) is 45.0 Å². The van der Waals surface area contributed by atoms with Gasteiger partial charge in [0.1, 0.15) is 0 Å². The molecule has 0 saturated carbocycles. The lowest BCUT2D eigenvalue weighted by molar-refractivity contribution is 0.191. The largest absolute Gasteiger partial charge is 0.314 e. The van der Waals surface area contributed by atoms with E-state index < -0.39 is 0 Å². The number of hydrogen-bond donors (Lipinski definition) is 1. The molecule has 1 N–H and O–H groups in total. The van der Waals surface area contributed by atoms with Crippen molar-refractivity contribution < 1.29 is 0 Å². The average Bonchev–Trinajstić information content (AvgIpc) is 2.45. The molecule has 106 valence electrons. The number of piperidine rings is 1. The zero-order valence-corrected chi connectivity index (χ0v) is 11.8. The van der Waals surface area contributed by atoms with Gasteiger partial charge in [-0.2, -0.15) is 0 Å². The molecule has 0 amide bonds. The van der Waals surface area contributed by atoms with Crippen molar-refractivity contribution in [3.63, 3.8) is 0 Å². The number of nitrogens with zero attached hydrogens (tertiary/aromatic N) is 2. The van der Waals surface area contributed by atoms with Crippen LogP contribution in [0.3, 0.4) is 0 Å². The Kier molecular flexibility index (Phi) is 5.61. The van der Waals surface area contributed by atoms with Crippen LogP contribution in [0.25, 0.3) is 0 Å². The van der Waals surface area contributed by atoms with Crippen LogP contribution in [0.2, 0.25) is 0 Å². The Balaban J connectivity index is 1.71. The molecule has 1 fully saturated rings. The van der Waals surface area contributed by atoms with E-state index in [1.54, 1.807) is 16.7 Å². The van der Waals surface area contributed by atoms with Gasteiger partial charge in [-0.15, -0.1) is 0 Å². The summed E-state index contributed by atoms with van der Waals surface area (Å²) in [6.07, 6.45) is 5.53. The molecule has 1 aliphatic heterocycles. The monoisotopic (exact) mass is 263 g/mol. The molecule has 0 bridgehead atoms. The second kappa shape index (κ2) is 7.46. The topological polar surface area (TPSA) is 37.3 Å². The van der Waals surface area contributed by atoms with Gasteiger partial charge < -0.3 is 14.8 Å². The molecule has 4 nitrogen and oxygen atoms in total. The van der Waals surface area contributed by atoms with Crippen molar-refractivity contribution in [2.24, 2.45) is 0 Å². The lowest BCUT2D eigenvalue weighted by Gasteiger charge is -2.32. The average molecular weight is 263 g/mol. The molecule has 1 aliphatic rings. The second-order valence-electron chi connectivity index (χ2n) is 5.30. The van der Waals surface area contributed by atoms with E-state index in [-0.39, 0.29) is 5.56 Å². The van der Waals surface area contributed by atoms with Crippen LogP contribution in [0.1, 0.15) is 26.2 Å². The highest BCUT2D eigenvalue weighted by Crippen LogP contribution is 2.10. The Bertz CT molecular complexity index is 421. The van der Waals surface area contributed by atoms with Gasteiger partial charge in [0, 0.05) is 31.4 Å². The number of hydrogen-bond acceptors (Lipinski definition) is 3. The van der Waals surface area contributed by atoms with E-state index in [9.17, 15) is 4.79 Å². The molecule has 1 aromatic heterocycles. The molecule has 0 unspecified atom stereocenters. The van der Waals surface area contributed by atoms with E-state index in [2.05, 4.69) is 17.1 Å². The number of rotatable bonds is 6. The molecular formula is C15H25N3O. The molecule has 1 aromatic rings. The third kappa shape index (κ3) is 4.48. The molecule has 19 heavy (non-hydrogen) atoms. The Morgan fingerprint density at radius 1 is 1.26 bits per heavy atom. The quantitative estimate of drug-likeness (QED) is 0.841. The highest BCUT2D eigenvalue weighted by molar-refractivity contribution is 4.93. The summed E-state index contributed by atoms with van der Waals surface area (Å²) in [6.45, 7) is 7.40. The van der Waals surface area contributed by atoms with Gasteiger partial charge in [0.2, 0.25) is 0 Å². The summed E-state index contributed by atoms with van der Waals surface area (Å²) in [4.78, 5) is 14.1. The van der Waals surface area contributed by atoms with Gasteiger partial charge in [-0.1, -0.05) is 13.0 Å². The van der Waals surface area contributed by atoms with Crippen LogP contribution in [0.15, 0.2) is 29.2 Å². The highest BCUT2D eigenvalue weighted by atomic mass is 16.1. The van der Waals surface area contributed by atoms with Crippen LogP contribution < -0.4 is 10.9 Å². The van der Waals surface area contributed by atoms with Gasteiger partial charge in [-0.3, -0.25) is 4.79 Å². The fraction of sp³-hybridized carbons (Fsp3) is 0.667. The smallest absolute Gasteiger partial charge is 0.250 e. The van der Waals surface area contributed by atoms with Gasteiger partial charge in [0.05, 0.1) is 0 Å². The fourth-order valence-electron chi connectivity index (χ4n) is 2.60. The molecule has 4 heteroatoms. The zero-order chi connectivity index (χ0) is 13.5. The van der Waals surface area contributed by atoms with Crippen LogP contribution in [0.4, 0.5) is 0 Å². The summed E-state index contributed by atoms with van der Waals surface area (Å²) >= 11 is 0. The standard InChI is InChI=1S/C15H25N3O/c1-2-8-16-14-6-10-17(11-7-14)12-13-18-9-4-3-5-15(18)19/h3-5,9,14,16H,2,6-8,10-13H2,1H3. The molecule has 2 rings (SSSR count). The second-order valence-corrected chi connectivity index (χ2v) is 5.30. The summed E-state index contributed by atoms with van der Waals surface area (Å²) in [5, 5.41) is 3.59. The van der Waals surface area contributed by atoms with E-state index >= 15 is 0 Å². The minimum atomic E-state index is 0.0991. The van der Waals surface area contributed by atoms with Crippen LogP contribution in [-0.2, 0) is 6.54 Å². The van der Waals surface area contributed by atoms with Gasteiger partial charge >= 0.3 is 0 Å². The van der Waals surface area contributed by atoms with Crippen LogP contribution in [0, 0.1) is 0 Å². The van der Waals surface area contributed by atoms with E-state index in [1.165, 1.54) is 19.3 Å². The van der Waals surface area contributed by atoms with Gasteiger partial charge in [0.15, 0.2) is 0 Å². The molecular weight excluding hydrogens is 238 g/mol. The van der Waals surface area contributed by atoms with E-state index in [1.807, 2.05) is 12.3 Å². The molecule has 0 atom stereocenters. The van der Waals surface area contributed by atoms with Crippen molar-refractivity contribution in [1.29, 1.82) is 0 Å². The summed E-state index contributed by atoms with van der Waals surface area (Å²) in [7, 11) is 0. The van der Waals surface area contributed by atoms with E-state index in [0.717, 1.165) is 32.7 Å². The van der Waals surface area contributed by atoms with Crippen molar-refractivity contribution in [2.45, 2.75) is 38.8 Å². The Morgan fingerprint density at radius 3 is 2.74 bits per heavy atom. The summed E-state index contributed by atoms with van der Waals surface area (Å²) in [5.74, 6) is 0. The normalized spacial score (nSPS) is 17.7. The SMILES string of the molecule is CCCNC1CCN(CCn2ccccc2=O)CC1. The maximum absolute atomic E-state index is 11.6. The summed E-state index contributed by atoms with van der Waals surface area (Å²) < 4.78 is 1.79. The maximum atomic E-state index is 11.6. The van der Waals surface area contributed by atoms with Gasteiger partial charge in [0.25, 0.3) is 5.56 Å². The predicted molar refractivity (Wildman–Crippen MR) is 78.5 cm³/mol. The Hall–Kier alpha value is -1.13. The first-order valence-electron chi connectivity index (χ1n) is 7.41. The number of nitrogens with one attached hydrogen (secondary N) is 1. The van der Waals surface area contributed by atoms with Crippen LogP contribution >= 0.6 is 0 Å². The summed E-state index contributed by atoms with van der Waals surface area (Å²) in [5.41, 5.74) is 0.0991. The molecule has 0 spiro atoms. The van der Waals surface area contributed by atoms with Crippen molar-refractivity contribution in [1.82, 2.24) is 14.8 Å². The van der Waals surface area contributed by atoms with E-state index in [4.69, 9.17) is 0 Å². The van der Waals surface area contributed by atoms with Crippen LogP contribution in [-0.4, -0.2) is 41.7 Å². The predicted octanol–water partition coefficient (Wildman–Crippen LogP) is 1.31. The lowest BCUT2D eigenvalue weighted by Crippen LogP contribution is -2.44. The Labute approximate surface area is 115 Å². The lowest BCUT2D eigenvalue weighted by atomic mass is 10.1.